The Morgan fingerprint density at radius 3 is 2.68 bits per heavy atom. The maximum absolute atomic E-state index is 13.3. The van der Waals surface area contributed by atoms with E-state index in [9.17, 15) is 20.0 Å². The minimum atomic E-state index is -1.14. The van der Waals surface area contributed by atoms with Crippen LogP contribution in [0.25, 0.3) is 0 Å². The Labute approximate surface area is 165 Å². The molecule has 1 aromatic carbocycles. The van der Waals surface area contributed by atoms with E-state index in [0.29, 0.717) is 23.3 Å². The molecule has 1 fully saturated rings. The summed E-state index contributed by atoms with van der Waals surface area (Å²) in [6.45, 7) is 7.63. The van der Waals surface area contributed by atoms with Gasteiger partial charge in [-0.1, -0.05) is 13.8 Å². The number of aliphatic hydroxyl groups excluding tert-OH is 1. The van der Waals surface area contributed by atoms with Crippen LogP contribution in [0.3, 0.4) is 0 Å². The van der Waals surface area contributed by atoms with Crippen LogP contribution < -0.4 is 10.1 Å². The van der Waals surface area contributed by atoms with Crippen LogP contribution in [-0.4, -0.2) is 46.1 Å². The molecule has 0 aliphatic carbocycles. The summed E-state index contributed by atoms with van der Waals surface area (Å²) in [5.41, 5.74) is -0.154. The molecular formula is C21H27N3O4. The lowest BCUT2D eigenvalue weighted by molar-refractivity contribution is -0.161. The number of amides is 2. The highest BCUT2D eigenvalue weighted by Crippen LogP contribution is 2.44. The van der Waals surface area contributed by atoms with E-state index in [1.807, 2.05) is 0 Å². The maximum atomic E-state index is 13.3. The van der Waals surface area contributed by atoms with Gasteiger partial charge in [0.2, 0.25) is 11.8 Å². The van der Waals surface area contributed by atoms with Crippen molar-refractivity contribution in [3.63, 3.8) is 0 Å². The standard InChI is InChI=1S/C21H27N3O4/c1-12(2)19(26)24(20(27)15-6-5-9-23-15)17-14-10-13(11-22)7-8-16(14)28-21(3,4)18(17)25/h7-8,10,12,15,17-18,23,25H,5-6,9H2,1-4H3. The summed E-state index contributed by atoms with van der Waals surface area (Å²) in [5.74, 6) is -0.654. The molecule has 28 heavy (non-hydrogen) atoms. The summed E-state index contributed by atoms with van der Waals surface area (Å²) in [7, 11) is 0. The monoisotopic (exact) mass is 385 g/mol. The maximum Gasteiger partial charge on any atom is 0.246 e. The van der Waals surface area contributed by atoms with Crippen LogP contribution in [-0.2, 0) is 9.59 Å². The van der Waals surface area contributed by atoms with Crippen molar-refractivity contribution in [1.82, 2.24) is 10.2 Å². The first-order valence-electron chi connectivity index (χ1n) is 9.68. The average Bonchev–Trinajstić information content (AvgIpc) is 3.18. The molecule has 1 aromatic rings. The number of nitriles is 1. The number of ether oxygens (including phenoxy) is 1. The van der Waals surface area contributed by atoms with Crippen LogP contribution in [0.4, 0.5) is 0 Å². The quantitative estimate of drug-likeness (QED) is 0.824. The molecule has 2 N–H and O–H groups in total. The summed E-state index contributed by atoms with van der Waals surface area (Å²) >= 11 is 0. The molecule has 2 amide bonds. The van der Waals surface area contributed by atoms with Gasteiger partial charge in [0.15, 0.2) is 0 Å². The van der Waals surface area contributed by atoms with Gasteiger partial charge >= 0.3 is 0 Å². The van der Waals surface area contributed by atoms with Gasteiger partial charge in [0, 0.05) is 11.5 Å². The molecule has 0 radical (unpaired) electrons. The first-order chi connectivity index (χ1) is 13.2. The van der Waals surface area contributed by atoms with E-state index < -0.39 is 29.7 Å². The predicted octanol–water partition coefficient (Wildman–Crippen LogP) is 1.89. The predicted molar refractivity (Wildman–Crippen MR) is 102 cm³/mol. The van der Waals surface area contributed by atoms with E-state index in [1.54, 1.807) is 45.9 Å². The first-order valence-corrected chi connectivity index (χ1v) is 9.68. The van der Waals surface area contributed by atoms with Gasteiger partial charge in [0.05, 0.1) is 23.7 Å². The van der Waals surface area contributed by atoms with Crippen molar-refractivity contribution >= 4 is 11.8 Å². The van der Waals surface area contributed by atoms with Crippen molar-refractivity contribution in [3.8, 4) is 11.8 Å². The molecular weight excluding hydrogens is 358 g/mol. The van der Waals surface area contributed by atoms with Crippen LogP contribution in [0.15, 0.2) is 18.2 Å². The second-order valence-corrected chi connectivity index (χ2v) is 8.31. The molecule has 1 saturated heterocycles. The van der Waals surface area contributed by atoms with Crippen LogP contribution in [0.1, 0.15) is 57.7 Å². The Kier molecular flexibility index (Phi) is 5.46. The van der Waals surface area contributed by atoms with Crippen molar-refractivity contribution in [3.05, 3.63) is 29.3 Å². The van der Waals surface area contributed by atoms with Crippen LogP contribution >= 0.6 is 0 Å². The number of imide groups is 1. The fraction of sp³-hybridized carbons (Fsp3) is 0.571. The number of nitrogens with one attached hydrogen (secondary N) is 1. The zero-order valence-corrected chi connectivity index (χ0v) is 16.7. The fourth-order valence-electron chi connectivity index (χ4n) is 3.84. The highest BCUT2D eigenvalue weighted by molar-refractivity contribution is 5.99. The largest absolute Gasteiger partial charge is 0.485 e. The Bertz CT molecular complexity index is 821. The summed E-state index contributed by atoms with van der Waals surface area (Å²) in [4.78, 5) is 27.7. The van der Waals surface area contributed by atoms with Gasteiger partial charge in [0.1, 0.15) is 17.5 Å². The van der Waals surface area contributed by atoms with Crippen molar-refractivity contribution in [1.29, 1.82) is 5.26 Å². The second-order valence-electron chi connectivity index (χ2n) is 8.31. The van der Waals surface area contributed by atoms with E-state index in [0.717, 1.165) is 13.0 Å². The van der Waals surface area contributed by atoms with E-state index in [-0.39, 0.29) is 11.8 Å². The molecule has 2 heterocycles. The molecule has 2 aliphatic heterocycles. The molecule has 0 spiro atoms. The highest BCUT2D eigenvalue weighted by atomic mass is 16.5. The number of carbonyl (C=O) groups is 2. The molecule has 7 nitrogen and oxygen atoms in total. The third-order valence-corrected chi connectivity index (χ3v) is 5.45. The lowest BCUT2D eigenvalue weighted by Gasteiger charge is -2.46. The Balaban J connectivity index is 2.15. The van der Waals surface area contributed by atoms with Crippen LogP contribution in [0.5, 0.6) is 5.75 Å². The van der Waals surface area contributed by atoms with E-state index in [4.69, 9.17) is 4.74 Å². The molecule has 3 unspecified atom stereocenters. The number of nitrogens with zero attached hydrogens (tertiary/aromatic N) is 2. The van der Waals surface area contributed by atoms with E-state index >= 15 is 0 Å². The summed E-state index contributed by atoms with van der Waals surface area (Å²) < 4.78 is 5.93. The van der Waals surface area contributed by atoms with Gasteiger partial charge in [-0.15, -0.1) is 0 Å². The molecule has 3 atom stereocenters. The number of hydrogen-bond acceptors (Lipinski definition) is 6. The van der Waals surface area contributed by atoms with Crippen LogP contribution in [0, 0.1) is 17.2 Å². The Morgan fingerprint density at radius 2 is 2.11 bits per heavy atom. The summed E-state index contributed by atoms with van der Waals surface area (Å²) in [6, 6.07) is 5.57. The third-order valence-electron chi connectivity index (χ3n) is 5.45. The normalized spacial score (nSPS) is 25.5. The third kappa shape index (κ3) is 3.50. The lowest BCUT2D eigenvalue weighted by atomic mass is 9.84. The minimum absolute atomic E-state index is 0.341. The smallest absolute Gasteiger partial charge is 0.246 e. The SMILES string of the molecule is CC(C)C(=O)N(C(=O)C1CCCN1)C1c2cc(C#N)ccc2OC(C)(C)C1O. The second kappa shape index (κ2) is 7.53. The number of carbonyl (C=O) groups excluding carboxylic acids is 2. The molecule has 2 aliphatic rings. The molecule has 0 saturated carbocycles. The summed E-state index contributed by atoms with van der Waals surface area (Å²) in [6.07, 6.45) is 0.369. The molecule has 0 aromatic heterocycles. The average molecular weight is 385 g/mol. The van der Waals surface area contributed by atoms with Gasteiger partial charge in [-0.25, -0.2) is 0 Å². The fourth-order valence-corrected chi connectivity index (χ4v) is 3.84. The van der Waals surface area contributed by atoms with Crippen molar-refractivity contribution < 1.29 is 19.4 Å². The Morgan fingerprint density at radius 1 is 1.39 bits per heavy atom. The first kappa shape index (κ1) is 20.3. The van der Waals surface area contributed by atoms with E-state index in [2.05, 4.69) is 11.4 Å². The van der Waals surface area contributed by atoms with Gasteiger partial charge in [-0.2, -0.15) is 5.26 Å². The highest BCUT2D eigenvalue weighted by Gasteiger charge is 2.50. The number of aliphatic hydroxyl groups is 1. The lowest BCUT2D eigenvalue weighted by Crippen LogP contribution is -2.59. The zero-order chi connectivity index (χ0) is 20.6. The summed E-state index contributed by atoms with van der Waals surface area (Å²) in [5, 5.41) is 23.6. The van der Waals surface area contributed by atoms with Gasteiger partial charge in [0.25, 0.3) is 0 Å². The Hall–Kier alpha value is -2.43. The van der Waals surface area contributed by atoms with Crippen molar-refractivity contribution in [2.24, 2.45) is 5.92 Å². The molecule has 0 bridgehead atoms. The number of hydrogen-bond donors (Lipinski definition) is 2. The number of rotatable bonds is 3. The molecule has 3 rings (SSSR count). The minimum Gasteiger partial charge on any atom is -0.485 e. The topological polar surface area (TPSA) is 103 Å². The van der Waals surface area contributed by atoms with E-state index in [1.165, 1.54) is 4.90 Å². The molecule has 150 valence electrons. The van der Waals surface area contributed by atoms with Gasteiger partial charge in [-0.05, 0) is 51.4 Å². The van der Waals surface area contributed by atoms with Crippen LogP contribution in [0.2, 0.25) is 0 Å². The van der Waals surface area contributed by atoms with Crippen molar-refractivity contribution in [2.45, 2.75) is 64.3 Å². The molecule has 7 heteroatoms. The van der Waals surface area contributed by atoms with Gasteiger partial charge < -0.3 is 15.2 Å². The number of fused-ring (bicyclic) bond motifs is 1. The van der Waals surface area contributed by atoms with Crippen molar-refractivity contribution in [2.75, 3.05) is 6.54 Å². The number of benzene rings is 1. The van der Waals surface area contributed by atoms with Gasteiger partial charge in [-0.3, -0.25) is 14.5 Å². The zero-order valence-electron chi connectivity index (χ0n) is 16.7.